The van der Waals surface area contributed by atoms with E-state index in [9.17, 15) is 4.79 Å². The Hall–Kier alpha value is -0.830. The summed E-state index contributed by atoms with van der Waals surface area (Å²) in [6, 6.07) is 0. The van der Waals surface area contributed by atoms with Crippen molar-refractivity contribution < 1.29 is 4.79 Å². The van der Waals surface area contributed by atoms with Crippen molar-refractivity contribution in [2.24, 2.45) is 11.7 Å². The van der Waals surface area contributed by atoms with E-state index in [4.69, 9.17) is 5.73 Å². The number of hydrogen-bond donors (Lipinski definition) is 2. The summed E-state index contributed by atoms with van der Waals surface area (Å²) < 4.78 is 0. The maximum Gasteiger partial charge on any atom is 0.238 e. The van der Waals surface area contributed by atoms with Gasteiger partial charge in [-0.3, -0.25) is 4.79 Å². The van der Waals surface area contributed by atoms with Crippen LogP contribution in [0.4, 0.5) is 0 Å². The Morgan fingerprint density at radius 1 is 1.92 bits per heavy atom. The van der Waals surface area contributed by atoms with Crippen LogP contribution in [0.3, 0.4) is 0 Å². The second-order valence-corrected chi connectivity index (χ2v) is 3.31. The van der Waals surface area contributed by atoms with Crippen LogP contribution < -0.4 is 11.1 Å². The molecule has 0 aromatic carbocycles. The van der Waals surface area contributed by atoms with Crippen LogP contribution in [0.5, 0.6) is 0 Å². The Balaban J connectivity index is 2.53. The van der Waals surface area contributed by atoms with Gasteiger partial charge < -0.3 is 11.1 Å². The Bertz CT molecular complexity index is 203. The van der Waals surface area contributed by atoms with Gasteiger partial charge in [-0.25, -0.2) is 0 Å². The van der Waals surface area contributed by atoms with Crippen LogP contribution in [-0.4, -0.2) is 18.0 Å². The number of rotatable bonds is 5. The lowest BCUT2D eigenvalue weighted by Crippen LogP contribution is -2.45. The summed E-state index contributed by atoms with van der Waals surface area (Å²) in [6.07, 6.45) is 3.62. The number of carbonyl (C=O) groups is 1. The molecule has 2 unspecified atom stereocenters. The van der Waals surface area contributed by atoms with E-state index in [0.29, 0.717) is 0 Å². The highest BCUT2D eigenvalue weighted by molar-refractivity contribution is 5.89. The molecule has 68 valence electrons. The number of primary amides is 1. The number of nitrogens with one attached hydrogen (secondary N) is 1. The van der Waals surface area contributed by atoms with E-state index in [-0.39, 0.29) is 11.8 Å². The lowest BCUT2D eigenvalue weighted by molar-refractivity contribution is -0.121. The maximum atomic E-state index is 11.1. The van der Waals surface area contributed by atoms with Crippen molar-refractivity contribution in [3.63, 3.8) is 0 Å². The first-order valence-corrected chi connectivity index (χ1v) is 4.35. The Labute approximate surface area is 73.0 Å². The predicted octanol–water partition coefficient (Wildman–Crippen LogP) is 0.416. The van der Waals surface area contributed by atoms with Crippen LogP contribution in [-0.2, 0) is 4.79 Å². The van der Waals surface area contributed by atoms with E-state index in [2.05, 4.69) is 18.8 Å². The monoisotopic (exact) mass is 168 g/mol. The van der Waals surface area contributed by atoms with Crippen molar-refractivity contribution >= 4 is 5.91 Å². The Morgan fingerprint density at radius 3 is 2.92 bits per heavy atom. The minimum Gasteiger partial charge on any atom is -0.368 e. The summed E-state index contributed by atoms with van der Waals surface area (Å²) in [6.45, 7) is 6.56. The summed E-state index contributed by atoms with van der Waals surface area (Å²) in [5.41, 5.74) is 4.83. The van der Waals surface area contributed by atoms with Crippen molar-refractivity contribution in [1.29, 1.82) is 0 Å². The molecule has 0 aromatic rings. The normalized spacial score (nSPS) is 32.9. The molecule has 0 saturated heterocycles. The highest BCUT2D eigenvalue weighted by Gasteiger charge is 2.56. The van der Waals surface area contributed by atoms with Gasteiger partial charge in [0.15, 0.2) is 0 Å². The average Bonchev–Trinajstić information content (AvgIpc) is 2.76. The van der Waals surface area contributed by atoms with Gasteiger partial charge >= 0.3 is 0 Å². The molecule has 0 aromatic heterocycles. The molecule has 3 heteroatoms. The van der Waals surface area contributed by atoms with Crippen LogP contribution in [0, 0.1) is 5.92 Å². The zero-order chi connectivity index (χ0) is 9.19. The third kappa shape index (κ3) is 1.37. The Kier molecular flexibility index (Phi) is 2.52. The van der Waals surface area contributed by atoms with Crippen molar-refractivity contribution in [2.45, 2.75) is 25.3 Å². The van der Waals surface area contributed by atoms with Gasteiger partial charge in [0.2, 0.25) is 5.91 Å². The second kappa shape index (κ2) is 3.27. The topological polar surface area (TPSA) is 55.1 Å². The van der Waals surface area contributed by atoms with Gasteiger partial charge in [-0.2, -0.15) is 0 Å². The van der Waals surface area contributed by atoms with Gasteiger partial charge in [0.25, 0.3) is 0 Å². The SMILES string of the molecule is C=CC1CC1(NCCC)C(N)=O. The van der Waals surface area contributed by atoms with Crippen LogP contribution in [0.1, 0.15) is 19.8 Å². The lowest BCUT2D eigenvalue weighted by atomic mass is 10.2. The van der Waals surface area contributed by atoms with Gasteiger partial charge in [0, 0.05) is 5.92 Å². The van der Waals surface area contributed by atoms with Crippen molar-refractivity contribution in [2.75, 3.05) is 6.54 Å². The van der Waals surface area contributed by atoms with E-state index in [0.717, 1.165) is 19.4 Å². The van der Waals surface area contributed by atoms with Gasteiger partial charge in [0.05, 0.1) is 0 Å². The molecule has 0 heterocycles. The zero-order valence-corrected chi connectivity index (χ0v) is 7.47. The summed E-state index contributed by atoms with van der Waals surface area (Å²) in [7, 11) is 0. The standard InChI is InChI=1S/C9H16N2O/c1-3-5-11-9(8(10)12)6-7(9)4-2/h4,7,11H,2-3,5-6H2,1H3,(H2,10,12). The molecule has 3 nitrogen and oxygen atoms in total. The van der Waals surface area contributed by atoms with Crippen LogP contribution in [0.2, 0.25) is 0 Å². The molecule has 2 atom stereocenters. The van der Waals surface area contributed by atoms with Crippen molar-refractivity contribution in [1.82, 2.24) is 5.32 Å². The average molecular weight is 168 g/mol. The fourth-order valence-electron chi connectivity index (χ4n) is 1.49. The highest BCUT2D eigenvalue weighted by Crippen LogP contribution is 2.43. The van der Waals surface area contributed by atoms with Crippen LogP contribution >= 0.6 is 0 Å². The van der Waals surface area contributed by atoms with E-state index in [1.165, 1.54) is 0 Å². The van der Waals surface area contributed by atoms with E-state index in [1.54, 1.807) is 6.08 Å². The fraction of sp³-hybridized carbons (Fsp3) is 0.667. The zero-order valence-electron chi connectivity index (χ0n) is 7.47. The minimum atomic E-state index is -0.461. The summed E-state index contributed by atoms with van der Waals surface area (Å²) in [5.74, 6) is -0.0117. The quantitative estimate of drug-likeness (QED) is 0.584. The third-order valence-corrected chi connectivity index (χ3v) is 2.43. The van der Waals surface area contributed by atoms with E-state index < -0.39 is 5.54 Å². The van der Waals surface area contributed by atoms with Gasteiger partial charge in [-0.05, 0) is 19.4 Å². The fourth-order valence-corrected chi connectivity index (χ4v) is 1.49. The first kappa shape index (κ1) is 9.26. The molecule has 1 fully saturated rings. The number of hydrogen-bond acceptors (Lipinski definition) is 2. The molecule has 0 spiro atoms. The molecule has 1 aliphatic carbocycles. The van der Waals surface area contributed by atoms with E-state index >= 15 is 0 Å². The van der Waals surface area contributed by atoms with Crippen molar-refractivity contribution in [3.8, 4) is 0 Å². The molecular formula is C9H16N2O. The predicted molar refractivity (Wildman–Crippen MR) is 48.5 cm³/mol. The Morgan fingerprint density at radius 2 is 2.58 bits per heavy atom. The first-order chi connectivity index (χ1) is 5.67. The smallest absolute Gasteiger partial charge is 0.238 e. The van der Waals surface area contributed by atoms with Gasteiger partial charge in [0.1, 0.15) is 5.54 Å². The van der Waals surface area contributed by atoms with Crippen molar-refractivity contribution in [3.05, 3.63) is 12.7 Å². The largest absolute Gasteiger partial charge is 0.368 e. The van der Waals surface area contributed by atoms with Crippen LogP contribution in [0.25, 0.3) is 0 Å². The number of amides is 1. The molecule has 1 rings (SSSR count). The number of carbonyl (C=O) groups excluding carboxylic acids is 1. The molecule has 1 aliphatic rings. The summed E-state index contributed by atoms with van der Waals surface area (Å²) in [4.78, 5) is 11.1. The molecule has 0 aliphatic heterocycles. The van der Waals surface area contributed by atoms with Gasteiger partial charge in [-0.1, -0.05) is 13.0 Å². The molecule has 12 heavy (non-hydrogen) atoms. The molecule has 3 N–H and O–H groups in total. The first-order valence-electron chi connectivity index (χ1n) is 4.35. The molecular weight excluding hydrogens is 152 g/mol. The summed E-state index contributed by atoms with van der Waals surface area (Å²) in [5, 5.41) is 3.17. The third-order valence-electron chi connectivity index (χ3n) is 2.43. The molecule has 0 bridgehead atoms. The van der Waals surface area contributed by atoms with Gasteiger partial charge in [-0.15, -0.1) is 6.58 Å². The second-order valence-electron chi connectivity index (χ2n) is 3.31. The summed E-state index contributed by atoms with van der Waals surface area (Å²) >= 11 is 0. The molecule has 0 radical (unpaired) electrons. The molecule has 1 amide bonds. The lowest BCUT2D eigenvalue weighted by Gasteiger charge is -2.13. The minimum absolute atomic E-state index is 0.238. The van der Waals surface area contributed by atoms with Crippen LogP contribution in [0.15, 0.2) is 12.7 Å². The number of nitrogens with two attached hydrogens (primary N) is 1. The maximum absolute atomic E-state index is 11.1. The molecule has 1 saturated carbocycles. The highest BCUT2D eigenvalue weighted by atomic mass is 16.1. The van der Waals surface area contributed by atoms with E-state index in [1.807, 2.05) is 0 Å².